The summed E-state index contributed by atoms with van der Waals surface area (Å²) >= 11 is 0. The van der Waals surface area contributed by atoms with Crippen molar-refractivity contribution in [2.75, 3.05) is 7.11 Å². The van der Waals surface area contributed by atoms with Gasteiger partial charge in [-0.05, 0) is 53.4 Å². The van der Waals surface area contributed by atoms with E-state index in [9.17, 15) is 24.6 Å². The van der Waals surface area contributed by atoms with Crippen molar-refractivity contribution in [3.05, 3.63) is 107 Å². The SMILES string of the molecule is COC(=O)C(Cc1ccc(O)cc1)NC(=O)c1cc(C(=O)O)c2cc(Cc3ccccc3)ccc2n1. The Balaban J connectivity index is 1.62. The molecule has 4 rings (SSSR count). The molecular weight excluding hydrogens is 460 g/mol. The highest BCUT2D eigenvalue weighted by molar-refractivity contribution is 6.06. The Kier molecular flexibility index (Phi) is 7.25. The lowest BCUT2D eigenvalue weighted by molar-refractivity contribution is -0.142. The molecule has 1 atom stereocenters. The van der Waals surface area contributed by atoms with E-state index in [4.69, 9.17) is 4.74 Å². The van der Waals surface area contributed by atoms with Crippen LogP contribution in [0, 0.1) is 0 Å². The minimum absolute atomic E-state index is 0.0618. The van der Waals surface area contributed by atoms with Crippen LogP contribution in [-0.2, 0) is 22.4 Å². The minimum Gasteiger partial charge on any atom is -0.508 e. The van der Waals surface area contributed by atoms with Crippen LogP contribution < -0.4 is 5.32 Å². The Morgan fingerprint density at radius 2 is 1.61 bits per heavy atom. The lowest BCUT2D eigenvalue weighted by atomic mass is 10.00. The number of amides is 1. The number of ether oxygens (including phenoxy) is 1. The van der Waals surface area contributed by atoms with Crippen LogP contribution in [-0.4, -0.2) is 46.2 Å². The van der Waals surface area contributed by atoms with E-state index in [1.54, 1.807) is 24.3 Å². The van der Waals surface area contributed by atoms with E-state index in [1.807, 2.05) is 36.4 Å². The number of carbonyl (C=O) groups excluding carboxylic acids is 2. The molecular formula is C28H24N2O6. The van der Waals surface area contributed by atoms with Crippen molar-refractivity contribution in [3.63, 3.8) is 0 Å². The van der Waals surface area contributed by atoms with Crippen molar-refractivity contribution >= 4 is 28.7 Å². The minimum atomic E-state index is -1.19. The first-order valence-corrected chi connectivity index (χ1v) is 11.2. The van der Waals surface area contributed by atoms with Gasteiger partial charge in [-0.25, -0.2) is 14.6 Å². The van der Waals surface area contributed by atoms with Gasteiger partial charge in [0, 0.05) is 11.8 Å². The number of phenolic OH excluding ortho intramolecular Hbond substituents is 1. The molecule has 3 N–H and O–H groups in total. The number of rotatable bonds is 8. The maximum atomic E-state index is 13.0. The number of carboxylic acids is 1. The molecule has 1 unspecified atom stereocenters. The number of aromatic hydroxyl groups is 1. The lowest BCUT2D eigenvalue weighted by Crippen LogP contribution is -2.43. The molecule has 0 aliphatic rings. The van der Waals surface area contributed by atoms with Gasteiger partial charge in [-0.1, -0.05) is 48.5 Å². The van der Waals surface area contributed by atoms with Crippen molar-refractivity contribution in [1.82, 2.24) is 10.3 Å². The number of esters is 1. The number of pyridine rings is 1. The van der Waals surface area contributed by atoms with Gasteiger partial charge < -0.3 is 20.3 Å². The Morgan fingerprint density at radius 3 is 2.28 bits per heavy atom. The van der Waals surface area contributed by atoms with Crippen molar-refractivity contribution < 1.29 is 29.3 Å². The molecule has 36 heavy (non-hydrogen) atoms. The van der Waals surface area contributed by atoms with Gasteiger partial charge >= 0.3 is 11.9 Å². The average molecular weight is 485 g/mol. The smallest absolute Gasteiger partial charge is 0.336 e. The molecule has 0 fully saturated rings. The van der Waals surface area contributed by atoms with E-state index in [1.165, 1.54) is 25.3 Å². The maximum Gasteiger partial charge on any atom is 0.336 e. The number of benzene rings is 3. The van der Waals surface area contributed by atoms with Crippen molar-refractivity contribution in [2.45, 2.75) is 18.9 Å². The first kappa shape index (κ1) is 24.4. The fraction of sp³-hybridized carbons (Fsp3) is 0.143. The molecule has 1 aromatic heterocycles. The number of carbonyl (C=O) groups is 3. The molecule has 8 heteroatoms. The molecule has 0 saturated heterocycles. The lowest BCUT2D eigenvalue weighted by Gasteiger charge is -2.17. The third-order valence-corrected chi connectivity index (χ3v) is 5.75. The number of nitrogens with one attached hydrogen (secondary N) is 1. The second-order valence-corrected chi connectivity index (χ2v) is 8.29. The first-order valence-electron chi connectivity index (χ1n) is 11.2. The summed E-state index contributed by atoms with van der Waals surface area (Å²) in [4.78, 5) is 41.8. The highest BCUT2D eigenvalue weighted by atomic mass is 16.5. The zero-order valence-electron chi connectivity index (χ0n) is 19.5. The molecule has 1 heterocycles. The van der Waals surface area contributed by atoms with Crippen LogP contribution in [0.15, 0.2) is 78.9 Å². The van der Waals surface area contributed by atoms with Gasteiger partial charge in [0.1, 0.15) is 17.5 Å². The second-order valence-electron chi connectivity index (χ2n) is 8.29. The van der Waals surface area contributed by atoms with Gasteiger partial charge in [0.2, 0.25) is 0 Å². The number of aromatic nitrogens is 1. The van der Waals surface area contributed by atoms with Gasteiger partial charge in [-0.2, -0.15) is 0 Å². The van der Waals surface area contributed by atoms with Gasteiger partial charge in [0.05, 0.1) is 18.2 Å². The molecule has 182 valence electrons. The molecule has 1 amide bonds. The number of methoxy groups -OCH3 is 1. The number of nitrogens with zero attached hydrogens (tertiary/aromatic N) is 1. The molecule has 0 bridgehead atoms. The zero-order chi connectivity index (χ0) is 25.7. The van der Waals surface area contributed by atoms with Crippen molar-refractivity contribution in [3.8, 4) is 5.75 Å². The molecule has 0 spiro atoms. The monoisotopic (exact) mass is 484 g/mol. The third kappa shape index (κ3) is 5.67. The summed E-state index contributed by atoms with van der Waals surface area (Å²) in [6, 6.07) is 21.5. The average Bonchev–Trinajstić information content (AvgIpc) is 2.88. The Morgan fingerprint density at radius 1 is 0.917 bits per heavy atom. The summed E-state index contributed by atoms with van der Waals surface area (Å²) in [5, 5.41) is 22.3. The van der Waals surface area contributed by atoms with Gasteiger partial charge in [-0.3, -0.25) is 4.79 Å². The fourth-order valence-corrected chi connectivity index (χ4v) is 3.94. The van der Waals surface area contributed by atoms with E-state index < -0.39 is 23.9 Å². The molecule has 0 saturated carbocycles. The summed E-state index contributed by atoms with van der Waals surface area (Å²) in [5.41, 5.74) is 2.84. The van der Waals surface area contributed by atoms with E-state index >= 15 is 0 Å². The molecule has 0 aliphatic heterocycles. The van der Waals surface area contributed by atoms with Crippen LogP contribution in [0.4, 0.5) is 0 Å². The highest BCUT2D eigenvalue weighted by Crippen LogP contribution is 2.22. The number of fused-ring (bicyclic) bond motifs is 1. The Bertz CT molecular complexity index is 1420. The molecule has 3 aromatic carbocycles. The number of phenols is 1. The molecule has 8 nitrogen and oxygen atoms in total. The van der Waals surface area contributed by atoms with Gasteiger partial charge in [0.25, 0.3) is 5.91 Å². The van der Waals surface area contributed by atoms with Crippen LogP contribution >= 0.6 is 0 Å². The summed E-state index contributed by atoms with van der Waals surface area (Å²) in [6.45, 7) is 0. The number of aromatic carboxylic acids is 1. The molecule has 0 radical (unpaired) electrons. The summed E-state index contributed by atoms with van der Waals surface area (Å²) in [7, 11) is 1.21. The Hall–Kier alpha value is -4.72. The van der Waals surface area contributed by atoms with E-state index in [-0.39, 0.29) is 23.4 Å². The summed E-state index contributed by atoms with van der Waals surface area (Å²) in [5.74, 6) is -2.49. The number of hydrogen-bond acceptors (Lipinski definition) is 6. The highest BCUT2D eigenvalue weighted by Gasteiger charge is 2.24. The zero-order valence-corrected chi connectivity index (χ0v) is 19.5. The topological polar surface area (TPSA) is 126 Å². The molecule has 4 aromatic rings. The Labute approximate surface area is 207 Å². The summed E-state index contributed by atoms with van der Waals surface area (Å²) in [6.07, 6.45) is 0.733. The predicted molar refractivity (Wildman–Crippen MR) is 133 cm³/mol. The molecule has 0 aliphatic carbocycles. The van der Waals surface area contributed by atoms with E-state index in [2.05, 4.69) is 10.3 Å². The van der Waals surface area contributed by atoms with Crippen molar-refractivity contribution in [1.29, 1.82) is 0 Å². The fourth-order valence-electron chi connectivity index (χ4n) is 3.94. The van der Waals surface area contributed by atoms with Crippen molar-refractivity contribution in [2.24, 2.45) is 0 Å². The van der Waals surface area contributed by atoms with Crippen LogP contribution in [0.5, 0.6) is 5.75 Å². The largest absolute Gasteiger partial charge is 0.508 e. The van der Waals surface area contributed by atoms with E-state index in [0.29, 0.717) is 22.9 Å². The van der Waals surface area contributed by atoms with Gasteiger partial charge in [0.15, 0.2) is 0 Å². The summed E-state index contributed by atoms with van der Waals surface area (Å²) < 4.78 is 4.82. The standard InChI is InChI=1S/C28H24N2O6/c1-36-28(35)25(15-18-7-10-20(31)11-8-18)30-26(32)24-16-22(27(33)34)21-14-19(9-12-23(21)29-24)13-17-5-3-2-4-6-17/h2-12,14,16,25,31H,13,15H2,1H3,(H,30,32)(H,33,34). The van der Waals surface area contributed by atoms with Gasteiger partial charge in [-0.15, -0.1) is 0 Å². The normalized spacial score (nSPS) is 11.6. The third-order valence-electron chi connectivity index (χ3n) is 5.75. The number of carboxylic acid groups (broad SMARTS) is 1. The van der Waals surface area contributed by atoms with Crippen LogP contribution in [0.25, 0.3) is 10.9 Å². The van der Waals surface area contributed by atoms with Crippen LogP contribution in [0.2, 0.25) is 0 Å². The van der Waals surface area contributed by atoms with Crippen LogP contribution in [0.3, 0.4) is 0 Å². The van der Waals surface area contributed by atoms with Crippen LogP contribution in [0.1, 0.15) is 37.5 Å². The predicted octanol–water partition coefficient (Wildman–Crippen LogP) is 3.74. The first-order chi connectivity index (χ1) is 17.3. The second kappa shape index (κ2) is 10.7. The van der Waals surface area contributed by atoms with E-state index in [0.717, 1.165) is 11.1 Å². The number of hydrogen-bond donors (Lipinski definition) is 3. The quantitative estimate of drug-likeness (QED) is 0.325. The maximum absolute atomic E-state index is 13.0.